The summed E-state index contributed by atoms with van der Waals surface area (Å²) in [7, 11) is 2.13. The minimum atomic E-state index is 0.0522. The first-order valence-corrected chi connectivity index (χ1v) is 9.11. The number of nitriles is 1. The summed E-state index contributed by atoms with van der Waals surface area (Å²) < 4.78 is 0. The van der Waals surface area contributed by atoms with Crippen LogP contribution in [0.1, 0.15) is 35.6 Å². The first-order chi connectivity index (χ1) is 13.0. The van der Waals surface area contributed by atoms with Gasteiger partial charge in [0.2, 0.25) is 0 Å². The van der Waals surface area contributed by atoms with Gasteiger partial charge >= 0.3 is 0 Å². The molecule has 0 spiro atoms. The summed E-state index contributed by atoms with van der Waals surface area (Å²) in [5.41, 5.74) is 4.78. The minimum absolute atomic E-state index is 0.0522. The van der Waals surface area contributed by atoms with Crippen LogP contribution in [0, 0.1) is 18.3 Å². The quantitative estimate of drug-likeness (QED) is 0.755. The first-order valence-electron chi connectivity index (χ1n) is 9.11. The molecule has 0 aliphatic carbocycles. The number of fused-ring (bicyclic) bond motifs is 1. The number of hydrogen-bond acceptors (Lipinski definition) is 6. The van der Waals surface area contributed by atoms with Gasteiger partial charge in [-0.1, -0.05) is 0 Å². The molecule has 1 atom stereocenters. The van der Waals surface area contributed by atoms with E-state index in [9.17, 15) is 5.11 Å². The molecule has 0 radical (unpaired) electrons. The topological polar surface area (TPSA) is 85.9 Å². The third kappa shape index (κ3) is 3.34. The second-order valence-electron chi connectivity index (χ2n) is 7.23. The van der Waals surface area contributed by atoms with Crippen molar-refractivity contribution in [2.24, 2.45) is 0 Å². The Kier molecular flexibility index (Phi) is 4.46. The van der Waals surface area contributed by atoms with Crippen LogP contribution in [0.15, 0.2) is 30.5 Å². The summed E-state index contributed by atoms with van der Waals surface area (Å²) in [4.78, 5) is 16.3. The SMILES string of the molecule is Cc1cc(C#N)cc(O)c1-c1ccc2ncc([C@@H]3CCCN(C)C3)nc2n1. The van der Waals surface area contributed by atoms with E-state index in [2.05, 4.69) is 28.0 Å². The van der Waals surface area contributed by atoms with Gasteiger partial charge < -0.3 is 10.0 Å². The number of aromatic nitrogens is 3. The number of aryl methyl sites for hydroxylation is 1. The number of benzene rings is 1. The maximum Gasteiger partial charge on any atom is 0.179 e. The van der Waals surface area contributed by atoms with Gasteiger partial charge in [0, 0.05) is 24.2 Å². The van der Waals surface area contributed by atoms with Crippen molar-refractivity contribution in [3.8, 4) is 23.1 Å². The van der Waals surface area contributed by atoms with E-state index in [0.29, 0.717) is 28.4 Å². The fraction of sp³-hybridized carbons (Fsp3) is 0.333. The van der Waals surface area contributed by atoms with Gasteiger partial charge in [0.1, 0.15) is 11.3 Å². The summed E-state index contributed by atoms with van der Waals surface area (Å²) >= 11 is 0. The smallest absolute Gasteiger partial charge is 0.179 e. The number of likely N-dealkylation sites (tertiary alicyclic amines) is 1. The predicted molar refractivity (Wildman–Crippen MR) is 103 cm³/mol. The molecule has 0 saturated carbocycles. The molecule has 27 heavy (non-hydrogen) atoms. The van der Waals surface area contributed by atoms with Crippen molar-refractivity contribution in [3.63, 3.8) is 0 Å². The third-order valence-electron chi connectivity index (χ3n) is 5.17. The summed E-state index contributed by atoms with van der Waals surface area (Å²) in [6, 6.07) is 8.98. The molecule has 3 heterocycles. The molecule has 1 aliphatic rings. The molecule has 1 N–H and O–H groups in total. The van der Waals surface area contributed by atoms with Crippen LogP contribution in [0.3, 0.4) is 0 Å². The largest absolute Gasteiger partial charge is 0.507 e. The van der Waals surface area contributed by atoms with Crippen LogP contribution in [0.4, 0.5) is 0 Å². The molecule has 2 aromatic heterocycles. The number of nitrogens with zero attached hydrogens (tertiary/aromatic N) is 5. The second-order valence-corrected chi connectivity index (χ2v) is 7.23. The van der Waals surface area contributed by atoms with Gasteiger partial charge in [0.15, 0.2) is 5.65 Å². The Balaban J connectivity index is 1.77. The Morgan fingerprint density at radius 2 is 2.11 bits per heavy atom. The van der Waals surface area contributed by atoms with Crippen molar-refractivity contribution in [2.75, 3.05) is 20.1 Å². The van der Waals surface area contributed by atoms with Gasteiger partial charge in [-0.2, -0.15) is 5.26 Å². The maximum absolute atomic E-state index is 10.4. The lowest BCUT2D eigenvalue weighted by Gasteiger charge is -2.29. The fourth-order valence-corrected chi connectivity index (χ4v) is 3.82. The van der Waals surface area contributed by atoms with Crippen LogP contribution in [0.25, 0.3) is 22.4 Å². The summed E-state index contributed by atoms with van der Waals surface area (Å²) in [5.74, 6) is 0.424. The average molecular weight is 359 g/mol. The van der Waals surface area contributed by atoms with Crippen LogP contribution in [-0.4, -0.2) is 45.1 Å². The van der Waals surface area contributed by atoms with E-state index in [1.807, 2.05) is 25.3 Å². The van der Waals surface area contributed by atoms with Crippen LogP contribution in [0.5, 0.6) is 5.75 Å². The van der Waals surface area contributed by atoms with Crippen LogP contribution in [-0.2, 0) is 0 Å². The number of hydrogen-bond donors (Lipinski definition) is 1. The van der Waals surface area contributed by atoms with E-state index in [0.717, 1.165) is 42.7 Å². The van der Waals surface area contributed by atoms with Crippen molar-refractivity contribution in [2.45, 2.75) is 25.7 Å². The molecular weight excluding hydrogens is 338 g/mol. The highest BCUT2D eigenvalue weighted by molar-refractivity contribution is 5.78. The zero-order chi connectivity index (χ0) is 19.0. The molecule has 4 rings (SSSR count). The summed E-state index contributed by atoms with van der Waals surface area (Å²) in [5, 5.41) is 19.4. The summed E-state index contributed by atoms with van der Waals surface area (Å²) in [6.45, 7) is 3.97. The fourth-order valence-electron chi connectivity index (χ4n) is 3.82. The molecule has 6 nitrogen and oxygen atoms in total. The van der Waals surface area contributed by atoms with Crippen molar-refractivity contribution in [3.05, 3.63) is 47.3 Å². The number of aromatic hydroxyl groups is 1. The van der Waals surface area contributed by atoms with E-state index >= 15 is 0 Å². The van der Waals surface area contributed by atoms with E-state index in [1.54, 1.807) is 6.07 Å². The number of phenolic OH excluding ortho intramolecular Hbond substituents is 1. The molecule has 6 heteroatoms. The standard InChI is InChI=1S/C21H21N5O/c1-13-8-14(10-22)9-19(27)20(13)16-5-6-17-21(24-16)25-18(11-23-17)15-4-3-7-26(2)12-15/h5-6,8-9,11,15,27H,3-4,7,12H2,1-2H3/t15-/m1/s1. The average Bonchev–Trinajstić information content (AvgIpc) is 2.66. The number of likely N-dealkylation sites (N-methyl/N-ethyl adjacent to an activating group) is 1. The Bertz CT molecular complexity index is 1030. The predicted octanol–water partition coefficient (Wildman–Crippen LogP) is 3.39. The lowest BCUT2D eigenvalue weighted by atomic mass is 9.95. The van der Waals surface area contributed by atoms with Crippen molar-refractivity contribution in [1.29, 1.82) is 5.26 Å². The Morgan fingerprint density at radius 1 is 1.26 bits per heavy atom. The molecule has 1 aromatic carbocycles. The van der Waals surface area contributed by atoms with Crippen molar-refractivity contribution < 1.29 is 5.11 Å². The highest BCUT2D eigenvalue weighted by Gasteiger charge is 2.21. The van der Waals surface area contributed by atoms with Gasteiger partial charge in [0.05, 0.1) is 23.0 Å². The van der Waals surface area contributed by atoms with Crippen molar-refractivity contribution >= 4 is 11.2 Å². The van der Waals surface area contributed by atoms with E-state index < -0.39 is 0 Å². The number of rotatable bonds is 2. The van der Waals surface area contributed by atoms with Gasteiger partial charge in [-0.3, -0.25) is 4.98 Å². The Labute approximate surface area is 158 Å². The normalized spacial score (nSPS) is 17.7. The van der Waals surface area contributed by atoms with Crippen LogP contribution in [0.2, 0.25) is 0 Å². The molecule has 1 aliphatic heterocycles. The minimum Gasteiger partial charge on any atom is -0.507 e. The van der Waals surface area contributed by atoms with Crippen LogP contribution >= 0.6 is 0 Å². The maximum atomic E-state index is 10.4. The highest BCUT2D eigenvalue weighted by Crippen LogP contribution is 2.33. The second kappa shape index (κ2) is 6.93. The molecule has 1 saturated heterocycles. The van der Waals surface area contributed by atoms with Gasteiger partial charge in [0.25, 0.3) is 0 Å². The molecular formula is C21H21N5O. The molecule has 0 unspecified atom stereocenters. The van der Waals surface area contributed by atoms with E-state index in [-0.39, 0.29) is 5.75 Å². The number of phenols is 1. The lowest BCUT2D eigenvalue weighted by molar-refractivity contribution is 0.248. The lowest BCUT2D eigenvalue weighted by Crippen LogP contribution is -2.31. The molecule has 0 amide bonds. The Hall–Kier alpha value is -3.04. The first kappa shape index (κ1) is 17.4. The Morgan fingerprint density at radius 3 is 2.85 bits per heavy atom. The van der Waals surface area contributed by atoms with Gasteiger partial charge in [-0.15, -0.1) is 0 Å². The highest BCUT2D eigenvalue weighted by atomic mass is 16.3. The number of piperidine rings is 1. The molecule has 1 fully saturated rings. The summed E-state index contributed by atoms with van der Waals surface area (Å²) in [6.07, 6.45) is 4.13. The zero-order valence-corrected chi connectivity index (χ0v) is 15.5. The van der Waals surface area contributed by atoms with Gasteiger partial charge in [-0.05, 0) is 63.2 Å². The third-order valence-corrected chi connectivity index (χ3v) is 5.17. The van der Waals surface area contributed by atoms with Crippen molar-refractivity contribution in [1.82, 2.24) is 19.9 Å². The zero-order valence-electron chi connectivity index (χ0n) is 15.5. The van der Waals surface area contributed by atoms with Crippen LogP contribution < -0.4 is 0 Å². The van der Waals surface area contributed by atoms with E-state index in [1.165, 1.54) is 6.07 Å². The van der Waals surface area contributed by atoms with Gasteiger partial charge in [-0.25, -0.2) is 9.97 Å². The number of pyridine rings is 1. The molecule has 136 valence electrons. The monoisotopic (exact) mass is 359 g/mol. The molecule has 0 bridgehead atoms. The van der Waals surface area contributed by atoms with E-state index in [4.69, 9.17) is 10.2 Å². The molecule has 3 aromatic rings.